The number of carbonyl (C=O) groups is 2. The van der Waals surface area contributed by atoms with Crippen molar-refractivity contribution in [2.45, 2.75) is 6.04 Å². The second kappa shape index (κ2) is 5.41. The molecule has 84 valence electrons. The first kappa shape index (κ1) is 12.4. The van der Waals surface area contributed by atoms with Gasteiger partial charge in [-0.3, -0.25) is 0 Å². The highest BCUT2D eigenvalue weighted by atomic mass is 79.9. The van der Waals surface area contributed by atoms with Gasteiger partial charge in [-0.25, -0.2) is 9.59 Å². The monoisotopic (exact) mass is 294 g/mol. The van der Waals surface area contributed by atoms with E-state index in [1.54, 1.807) is 0 Å². The predicted molar refractivity (Wildman–Crippen MR) is 62.1 cm³/mol. The Kier molecular flexibility index (Phi) is 4.46. The number of nitrogens with zero attached hydrogens (tertiary/aromatic N) is 1. The van der Waals surface area contributed by atoms with Crippen LogP contribution in [0.2, 0.25) is 0 Å². The van der Waals surface area contributed by atoms with Crippen LogP contribution in [0.5, 0.6) is 0 Å². The predicted octanol–water partition coefficient (Wildman–Crippen LogP) is 1.06. The van der Waals surface area contributed by atoms with Crippen molar-refractivity contribution in [1.82, 2.24) is 10.2 Å². The number of nitrogens with one attached hydrogen (secondary N) is 1. The molecule has 1 atom stereocenters. The highest BCUT2D eigenvalue weighted by Gasteiger charge is 2.34. The highest BCUT2D eigenvalue weighted by Crippen LogP contribution is 2.20. The molecule has 0 radical (unpaired) electrons. The molecule has 1 aliphatic rings. The maximum Gasteiger partial charge on any atom is 0.327 e. The number of rotatable bonds is 3. The minimum atomic E-state index is -0.965. The van der Waals surface area contributed by atoms with Gasteiger partial charge in [0.15, 0.2) is 0 Å². The van der Waals surface area contributed by atoms with Gasteiger partial charge < -0.3 is 15.3 Å². The highest BCUT2D eigenvalue weighted by molar-refractivity contribution is 9.11. The van der Waals surface area contributed by atoms with Gasteiger partial charge in [-0.15, -0.1) is 11.8 Å². The molecular formula is C8H11BrN2O3S. The molecule has 0 aromatic rings. The fraction of sp³-hybridized carbons (Fsp3) is 0.500. The van der Waals surface area contributed by atoms with E-state index in [9.17, 15) is 9.59 Å². The van der Waals surface area contributed by atoms with Gasteiger partial charge in [0.1, 0.15) is 6.04 Å². The first-order valence-corrected chi connectivity index (χ1v) is 6.15. The Morgan fingerprint density at radius 1 is 1.67 bits per heavy atom. The molecule has 1 heterocycles. The van der Waals surface area contributed by atoms with Crippen LogP contribution in [0.1, 0.15) is 0 Å². The largest absolute Gasteiger partial charge is 0.480 e. The van der Waals surface area contributed by atoms with Crippen LogP contribution >= 0.6 is 27.7 Å². The molecule has 1 aliphatic heterocycles. The van der Waals surface area contributed by atoms with Crippen molar-refractivity contribution < 1.29 is 14.7 Å². The molecule has 0 saturated carbocycles. The molecule has 0 bridgehead atoms. The van der Waals surface area contributed by atoms with Gasteiger partial charge in [0.2, 0.25) is 0 Å². The summed E-state index contributed by atoms with van der Waals surface area (Å²) in [6, 6.07) is -1.09. The van der Waals surface area contributed by atoms with Crippen LogP contribution in [-0.2, 0) is 4.79 Å². The number of thioether (sulfide) groups is 1. The fourth-order valence-corrected chi connectivity index (χ4v) is 2.41. The Labute approximate surface area is 100 Å². The molecule has 15 heavy (non-hydrogen) atoms. The zero-order valence-corrected chi connectivity index (χ0v) is 10.3. The summed E-state index contributed by atoms with van der Waals surface area (Å²) in [4.78, 5) is 23.6. The summed E-state index contributed by atoms with van der Waals surface area (Å²) in [5.41, 5.74) is 0. The second-order valence-corrected chi connectivity index (χ2v) is 5.12. The van der Waals surface area contributed by atoms with Gasteiger partial charge in [0.05, 0.1) is 12.4 Å². The van der Waals surface area contributed by atoms with Crippen molar-refractivity contribution in [2.75, 3.05) is 18.2 Å². The minimum absolute atomic E-state index is 0.298. The van der Waals surface area contributed by atoms with Gasteiger partial charge in [0, 0.05) is 10.2 Å². The van der Waals surface area contributed by atoms with E-state index < -0.39 is 12.0 Å². The molecule has 1 saturated heterocycles. The van der Waals surface area contributed by atoms with Crippen LogP contribution in [0.15, 0.2) is 11.1 Å². The lowest BCUT2D eigenvalue weighted by atomic mass is 10.3. The topological polar surface area (TPSA) is 69.6 Å². The number of carbonyl (C=O) groups excluding carboxylic acids is 1. The van der Waals surface area contributed by atoms with Crippen molar-refractivity contribution in [1.29, 1.82) is 0 Å². The Balaban J connectivity index is 2.51. The third-order valence-electron chi connectivity index (χ3n) is 1.86. The summed E-state index contributed by atoms with van der Waals surface area (Å²) < 4.78 is 0.648. The molecule has 1 fully saturated rings. The number of hydrogen-bond acceptors (Lipinski definition) is 3. The van der Waals surface area contributed by atoms with Gasteiger partial charge in [-0.1, -0.05) is 22.5 Å². The number of halogens is 1. The fourth-order valence-electron chi connectivity index (χ4n) is 1.12. The molecule has 0 unspecified atom stereocenters. The van der Waals surface area contributed by atoms with E-state index in [2.05, 4.69) is 27.8 Å². The van der Waals surface area contributed by atoms with Crippen LogP contribution in [0, 0.1) is 0 Å². The number of carboxylic acid groups (broad SMARTS) is 1. The van der Waals surface area contributed by atoms with Crippen LogP contribution < -0.4 is 5.32 Å². The van der Waals surface area contributed by atoms with Crippen LogP contribution in [0.3, 0.4) is 0 Å². The lowest BCUT2D eigenvalue weighted by Crippen LogP contribution is -2.47. The summed E-state index contributed by atoms with van der Waals surface area (Å²) in [6.45, 7) is 3.87. The van der Waals surface area contributed by atoms with E-state index in [4.69, 9.17) is 5.11 Å². The Bertz CT molecular complexity index is 298. The SMILES string of the molecule is C=C(Br)CNC(=O)N1CSC[C@H]1C(=O)O. The van der Waals surface area contributed by atoms with E-state index in [0.717, 1.165) is 0 Å². The number of aliphatic carboxylic acids is 1. The average molecular weight is 295 g/mol. The van der Waals surface area contributed by atoms with Crippen LogP contribution in [0.4, 0.5) is 4.79 Å². The molecule has 0 aromatic carbocycles. The zero-order valence-electron chi connectivity index (χ0n) is 7.90. The Morgan fingerprint density at radius 2 is 2.33 bits per heavy atom. The van der Waals surface area contributed by atoms with Crippen molar-refractivity contribution >= 4 is 39.7 Å². The molecule has 2 N–H and O–H groups in total. The van der Waals surface area contributed by atoms with Crippen molar-refractivity contribution in [3.63, 3.8) is 0 Å². The third kappa shape index (κ3) is 3.42. The molecule has 5 nitrogen and oxygen atoms in total. The van der Waals surface area contributed by atoms with E-state index in [1.807, 2.05) is 0 Å². The maximum absolute atomic E-state index is 11.5. The van der Waals surface area contributed by atoms with Gasteiger partial charge in [0.25, 0.3) is 0 Å². The van der Waals surface area contributed by atoms with Gasteiger partial charge in [-0.2, -0.15) is 0 Å². The van der Waals surface area contributed by atoms with Crippen molar-refractivity contribution in [2.24, 2.45) is 0 Å². The second-order valence-electron chi connectivity index (χ2n) is 3.00. The number of urea groups is 1. The minimum Gasteiger partial charge on any atom is -0.480 e. The van der Waals surface area contributed by atoms with Crippen LogP contribution in [-0.4, -0.2) is 46.2 Å². The van der Waals surface area contributed by atoms with Crippen molar-refractivity contribution in [3.05, 3.63) is 11.1 Å². The number of amides is 2. The van der Waals surface area contributed by atoms with E-state index in [-0.39, 0.29) is 6.03 Å². The Hall–Kier alpha value is -0.690. The third-order valence-corrected chi connectivity index (χ3v) is 3.15. The summed E-state index contributed by atoms with van der Waals surface area (Å²) in [6.07, 6.45) is 0. The number of carboxylic acids is 1. The van der Waals surface area contributed by atoms with Crippen molar-refractivity contribution in [3.8, 4) is 0 Å². The first-order valence-electron chi connectivity index (χ1n) is 4.20. The lowest BCUT2D eigenvalue weighted by molar-refractivity contribution is -0.140. The standard InChI is InChI=1S/C8H11BrN2O3S/c1-5(9)2-10-8(14)11-4-15-3-6(11)7(12)13/h6H,1-4H2,(H,10,14)(H,12,13)/t6-/m0/s1. The van der Waals surface area contributed by atoms with E-state index in [1.165, 1.54) is 16.7 Å². The summed E-state index contributed by atoms with van der Waals surface area (Å²) in [5.74, 6) is -0.108. The normalized spacial score (nSPS) is 20.1. The first-order chi connectivity index (χ1) is 7.02. The lowest BCUT2D eigenvalue weighted by Gasteiger charge is -2.20. The summed E-state index contributed by atoms with van der Waals surface area (Å²) >= 11 is 4.54. The molecule has 7 heteroatoms. The smallest absolute Gasteiger partial charge is 0.327 e. The van der Waals surface area contributed by atoms with Gasteiger partial charge in [-0.05, 0) is 0 Å². The van der Waals surface area contributed by atoms with Crippen LogP contribution in [0.25, 0.3) is 0 Å². The van der Waals surface area contributed by atoms with E-state index >= 15 is 0 Å². The summed E-state index contributed by atoms with van der Waals surface area (Å²) in [5, 5.41) is 11.4. The molecule has 0 aliphatic carbocycles. The van der Waals surface area contributed by atoms with Gasteiger partial charge >= 0.3 is 12.0 Å². The quantitative estimate of drug-likeness (QED) is 0.817. The summed E-state index contributed by atoms with van der Waals surface area (Å²) in [7, 11) is 0. The Morgan fingerprint density at radius 3 is 2.87 bits per heavy atom. The zero-order chi connectivity index (χ0) is 11.4. The molecule has 0 aromatic heterocycles. The average Bonchev–Trinajstić information content (AvgIpc) is 2.62. The molecular weight excluding hydrogens is 284 g/mol. The number of hydrogen-bond donors (Lipinski definition) is 2. The molecule has 0 spiro atoms. The van der Waals surface area contributed by atoms with E-state index in [0.29, 0.717) is 22.7 Å². The molecule has 1 rings (SSSR count). The molecule has 2 amide bonds. The maximum atomic E-state index is 11.5.